The van der Waals surface area contributed by atoms with Gasteiger partial charge in [-0.2, -0.15) is 0 Å². The Morgan fingerprint density at radius 3 is 2.67 bits per heavy atom. The van der Waals surface area contributed by atoms with Gasteiger partial charge < -0.3 is 11.1 Å². The Kier molecular flexibility index (Phi) is 3.33. The van der Waals surface area contributed by atoms with Crippen molar-refractivity contribution in [3.05, 3.63) is 48.0 Å². The van der Waals surface area contributed by atoms with Crippen molar-refractivity contribution in [2.45, 2.75) is 6.42 Å². The quantitative estimate of drug-likeness (QED) is 0.584. The number of hydrogen-bond donors (Lipinski definition) is 2. The first-order valence-electron chi connectivity index (χ1n) is 5.29. The minimum atomic E-state index is 0.546. The van der Waals surface area contributed by atoms with E-state index >= 15 is 0 Å². The van der Waals surface area contributed by atoms with Gasteiger partial charge in [0.2, 0.25) is 0 Å². The van der Waals surface area contributed by atoms with E-state index in [1.807, 2.05) is 0 Å². The minimum absolute atomic E-state index is 0.546. The molecule has 0 amide bonds. The lowest BCUT2D eigenvalue weighted by Gasteiger charge is -2.06. The molecule has 78 valence electrons. The van der Waals surface area contributed by atoms with Crippen LogP contribution < -0.4 is 11.1 Å². The van der Waals surface area contributed by atoms with Crippen LogP contribution >= 0.6 is 0 Å². The molecule has 0 heterocycles. The van der Waals surface area contributed by atoms with Crippen molar-refractivity contribution in [2.24, 2.45) is 5.73 Å². The Morgan fingerprint density at radius 2 is 1.80 bits per heavy atom. The van der Waals surface area contributed by atoms with Crippen LogP contribution in [-0.2, 0) is 6.42 Å². The van der Waals surface area contributed by atoms with Gasteiger partial charge in [-0.1, -0.05) is 42.5 Å². The molecule has 0 aliphatic heterocycles. The van der Waals surface area contributed by atoms with Crippen LogP contribution in [0, 0.1) is 0 Å². The fourth-order valence-corrected chi connectivity index (χ4v) is 1.84. The predicted octanol–water partition coefficient (Wildman–Crippen LogP) is 1.89. The second-order valence-electron chi connectivity index (χ2n) is 3.59. The summed E-state index contributed by atoms with van der Waals surface area (Å²) in [6, 6.07) is 14.9. The maximum atomic E-state index is 5.39. The van der Waals surface area contributed by atoms with Crippen LogP contribution in [0.5, 0.6) is 0 Å². The summed E-state index contributed by atoms with van der Waals surface area (Å²) in [5, 5.41) is 5.79. The van der Waals surface area contributed by atoms with Crippen molar-refractivity contribution in [3.63, 3.8) is 0 Å². The SMILES string of the molecule is NCNCCc1cccc2ccccc12. The Labute approximate surface area is 90.1 Å². The molecule has 0 bridgehead atoms. The molecule has 0 radical (unpaired) electrons. The minimum Gasteiger partial charge on any atom is -0.318 e. The molecule has 2 aromatic rings. The van der Waals surface area contributed by atoms with E-state index in [2.05, 4.69) is 47.8 Å². The summed E-state index contributed by atoms with van der Waals surface area (Å²) in [6.45, 7) is 1.48. The zero-order valence-corrected chi connectivity index (χ0v) is 8.74. The lowest BCUT2D eigenvalue weighted by atomic mass is 10.0. The van der Waals surface area contributed by atoms with Crippen LogP contribution in [0.1, 0.15) is 5.56 Å². The number of nitrogens with two attached hydrogens (primary N) is 1. The first-order valence-corrected chi connectivity index (χ1v) is 5.29. The summed E-state index contributed by atoms with van der Waals surface area (Å²) in [4.78, 5) is 0. The molecule has 0 aliphatic rings. The molecule has 0 saturated heterocycles. The van der Waals surface area contributed by atoms with E-state index in [4.69, 9.17) is 5.73 Å². The number of rotatable bonds is 4. The average molecular weight is 200 g/mol. The van der Waals surface area contributed by atoms with Crippen LogP contribution in [0.3, 0.4) is 0 Å². The first-order chi connectivity index (χ1) is 7.42. The number of fused-ring (bicyclic) bond motifs is 1. The molecule has 2 aromatic carbocycles. The van der Waals surface area contributed by atoms with E-state index in [9.17, 15) is 0 Å². The van der Waals surface area contributed by atoms with Crippen molar-refractivity contribution in [3.8, 4) is 0 Å². The van der Waals surface area contributed by atoms with Gasteiger partial charge in [0, 0.05) is 13.2 Å². The average Bonchev–Trinajstić information content (AvgIpc) is 2.30. The topological polar surface area (TPSA) is 38.0 Å². The third kappa shape index (κ3) is 2.35. The van der Waals surface area contributed by atoms with Crippen molar-refractivity contribution in [2.75, 3.05) is 13.2 Å². The second kappa shape index (κ2) is 4.91. The van der Waals surface area contributed by atoms with E-state index in [-0.39, 0.29) is 0 Å². The molecular weight excluding hydrogens is 184 g/mol. The van der Waals surface area contributed by atoms with E-state index in [1.165, 1.54) is 16.3 Å². The van der Waals surface area contributed by atoms with Crippen LogP contribution in [0.4, 0.5) is 0 Å². The second-order valence-corrected chi connectivity index (χ2v) is 3.59. The fourth-order valence-electron chi connectivity index (χ4n) is 1.84. The molecule has 2 rings (SSSR count). The van der Waals surface area contributed by atoms with Gasteiger partial charge >= 0.3 is 0 Å². The van der Waals surface area contributed by atoms with Crippen molar-refractivity contribution in [1.82, 2.24) is 5.32 Å². The molecule has 0 aliphatic carbocycles. The number of hydrogen-bond acceptors (Lipinski definition) is 2. The summed E-state index contributed by atoms with van der Waals surface area (Å²) in [6.07, 6.45) is 1.03. The standard InChI is InChI=1S/C13H16N2/c14-10-15-9-8-12-6-3-5-11-4-1-2-7-13(11)12/h1-7,15H,8-10,14H2. The van der Waals surface area contributed by atoms with E-state index in [0.717, 1.165) is 13.0 Å². The molecule has 2 heteroatoms. The van der Waals surface area contributed by atoms with Gasteiger partial charge in [0.25, 0.3) is 0 Å². The van der Waals surface area contributed by atoms with Gasteiger partial charge in [-0.25, -0.2) is 0 Å². The summed E-state index contributed by atoms with van der Waals surface area (Å²) >= 11 is 0. The molecule has 0 fully saturated rings. The van der Waals surface area contributed by atoms with Crippen LogP contribution in [0.15, 0.2) is 42.5 Å². The highest BCUT2D eigenvalue weighted by atomic mass is 14.9. The molecule has 0 spiro atoms. The molecular formula is C13H16N2. The third-order valence-electron chi connectivity index (χ3n) is 2.60. The van der Waals surface area contributed by atoms with Crippen LogP contribution in [-0.4, -0.2) is 13.2 Å². The highest BCUT2D eigenvalue weighted by Crippen LogP contribution is 2.18. The zero-order chi connectivity index (χ0) is 10.5. The monoisotopic (exact) mass is 200 g/mol. The highest BCUT2D eigenvalue weighted by molar-refractivity contribution is 5.85. The van der Waals surface area contributed by atoms with Crippen molar-refractivity contribution in [1.29, 1.82) is 0 Å². The molecule has 0 saturated carbocycles. The number of nitrogens with one attached hydrogen (secondary N) is 1. The van der Waals surface area contributed by atoms with Gasteiger partial charge in [-0.15, -0.1) is 0 Å². The molecule has 0 unspecified atom stereocenters. The van der Waals surface area contributed by atoms with Gasteiger partial charge in [0.05, 0.1) is 0 Å². The van der Waals surface area contributed by atoms with E-state index in [0.29, 0.717) is 6.67 Å². The Bertz CT molecular complexity index is 432. The maximum Gasteiger partial charge on any atom is 0.0428 e. The van der Waals surface area contributed by atoms with E-state index < -0.39 is 0 Å². The molecule has 2 nitrogen and oxygen atoms in total. The summed E-state index contributed by atoms with van der Waals surface area (Å²) in [5.41, 5.74) is 6.78. The predicted molar refractivity (Wildman–Crippen MR) is 64.7 cm³/mol. The Hall–Kier alpha value is -1.38. The lowest BCUT2D eigenvalue weighted by Crippen LogP contribution is -2.24. The van der Waals surface area contributed by atoms with Gasteiger partial charge in [-0.3, -0.25) is 0 Å². The largest absolute Gasteiger partial charge is 0.318 e. The van der Waals surface area contributed by atoms with Gasteiger partial charge in [-0.05, 0) is 22.8 Å². The molecule has 0 aromatic heterocycles. The van der Waals surface area contributed by atoms with Gasteiger partial charge in [0.15, 0.2) is 0 Å². The normalized spacial score (nSPS) is 10.7. The highest BCUT2D eigenvalue weighted by Gasteiger charge is 1.98. The maximum absolute atomic E-state index is 5.39. The fraction of sp³-hybridized carbons (Fsp3) is 0.231. The lowest BCUT2D eigenvalue weighted by molar-refractivity contribution is 0.703. The Morgan fingerprint density at radius 1 is 1.00 bits per heavy atom. The summed E-state index contributed by atoms with van der Waals surface area (Å²) in [7, 11) is 0. The van der Waals surface area contributed by atoms with E-state index in [1.54, 1.807) is 0 Å². The summed E-state index contributed by atoms with van der Waals surface area (Å²) in [5.74, 6) is 0. The van der Waals surface area contributed by atoms with Gasteiger partial charge in [0.1, 0.15) is 0 Å². The van der Waals surface area contributed by atoms with Crippen LogP contribution in [0.25, 0.3) is 10.8 Å². The molecule has 15 heavy (non-hydrogen) atoms. The third-order valence-corrected chi connectivity index (χ3v) is 2.60. The summed E-state index contributed by atoms with van der Waals surface area (Å²) < 4.78 is 0. The first kappa shape index (κ1) is 10.1. The molecule has 3 N–H and O–H groups in total. The smallest absolute Gasteiger partial charge is 0.0428 e. The van der Waals surface area contributed by atoms with Crippen molar-refractivity contribution < 1.29 is 0 Å². The molecule has 0 atom stereocenters. The Balaban J connectivity index is 2.26. The van der Waals surface area contributed by atoms with Crippen LogP contribution in [0.2, 0.25) is 0 Å². The number of benzene rings is 2. The zero-order valence-electron chi connectivity index (χ0n) is 8.74. The van der Waals surface area contributed by atoms with Crippen molar-refractivity contribution >= 4 is 10.8 Å².